The van der Waals surface area contributed by atoms with E-state index in [1.807, 2.05) is 0 Å². The third-order valence-corrected chi connectivity index (χ3v) is 2.55. The van der Waals surface area contributed by atoms with Crippen molar-refractivity contribution in [1.29, 1.82) is 0 Å². The van der Waals surface area contributed by atoms with Crippen LogP contribution in [0, 0.1) is 0 Å². The summed E-state index contributed by atoms with van der Waals surface area (Å²) in [6.07, 6.45) is -1.13. The number of rotatable bonds is 2. The molecule has 1 saturated carbocycles. The third kappa shape index (κ3) is 1.03. The molecule has 1 aliphatic rings. The molecule has 68 valence electrons. The van der Waals surface area contributed by atoms with E-state index in [9.17, 15) is 9.18 Å². The van der Waals surface area contributed by atoms with Crippen molar-refractivity contribution in [3.63, 3.8) is 0 Å². The van der Waals surface area contributed by atoms with E-state index in [2.05, 4.69) is 0 Å². The van der Waals surface area contributed by atoms with Crippen molar-refractivity contribution in [2.75, 3.05) is 0 Å². The van der Waals surface area contributed by atoms with Crippen molar-refractivity contribution in [1.82, 2.24) is 0 Å². The molecular formula is C10H9FO2. The van der Waals surface area contributed by atoms with Crippen LogP contribution in [0.15, 0.2) is 30.3 Å². The lowest BCUT2D eigenvalue weighted by Gasteiger charge is -2.08. The zero-order chi connectivity index (χ0) is 9.47. The van der Waals surface area contributed by atoms with Gasteiger partial charge >= 0.3 is 5.97 Å². The molecular weight excluding hydrogens is 171 g/mol. The fourth-order valence-corrected chi connectivity index (χ4v) is 1.60. The van der Waals surface area contributed by atoms with E-state index in [4.69, 9.17) is 5.11 Å². The van der Waals surface area contributed by atoms with Crippen LogP contribution >= 0.6 is 0 Å². The Morgan fingerprint density at radius 1 is 1.46 bits per heavy atom. The first-order chi connectivity index (χ1) is 6.18. The molecule has 0 amide bonds. The molecule has 2 nitrogen and oxygen atoms in total. The van der Waals surface area contributed by atoms with Crippen molar-refractivity contribution in [3.8, 4) is 0 Å². The molecule has 1 aromatic rings. The maximum absolute atomic E-state index is 13.0. The van der Waals surface area contributed by atoms with Gasteiger partial charge in [-0.15, -0.1) is 0 Å². The van der Waals surface area contributed by atoms with Crippen molar-refractivity contribution >= 4 is 5.97 Å². The Labute approximate surface area is 75.0 Å². The molecule has 2 atom stereocenters. The summed E-state index contributed by atoms with van der Waals surface area (Å²) in [6, 6.07) is 8.56. The summed E-state index contributed by atoms with van der Waals surface area (Å²) >= 11 is 0. The largest absolute Gasteiger partial charge is 0.480 e. The molecule has 1 aliphatic carbocycles. The molecule has 0 radical (unpaired) electrons. The third-order valence-electron chi connectivity index (χ3n) is 2.55. The second kappa shape index (κ2) is 2.55. The monoisotopic (exact) mass is 180 g/mol. The highest BCUT2D eigenvalue weighted by molar-refractivity contribution is 5.86. The van der Waals surface area contributed by atoms with Gasteiger partial charge in [0, 0.05) is 6.42 Å². The van der Waals surface area contributed by atoms with E-state index in [-0.39, 0.29) is 6.42 Å². The van der Waals surface area contributed by atoms with Crippen LogP contribution in [0.1, 0.15) is 12.0 Å². The van der Waals surface area contributed by atoms with Gasteiger partial charge in [0.2, 0.25) is 0 Å². The van der Waals surface area contributed by atoms with Crippen LogP contribution in [-0.4, -0.2) is 17.2 Å². The van der Waals surface area contributed by atoms with Gasteiger partial charge < -0.3 is 5.11 Å². The summed E-state index contributed by atoms with van der Waals surface area (Å²) in [5.74, 6) is -1.06. The fraction of sp³-hybridized carbons (Fsp3) is 0.300. The molecule has 2 rings (SSSR count). The number of carboxylic acids is 1. The van der Waals surface area contributed by atoms with Crippen LogP contribution in [0.3, 0.4) is 0 Å². The molecule has 3 heteroatoms. The van der Waals surface area contributed by atoms with Crippen molar-refractivity contribution in [2.45, 2.75) is 18.0 Å². The molecule has 0 bridgehead atoms. The average Bonchev–Trinajstić information content (AvgIpc) is 2.80. The van der Waals surface area contributed by atoms with Gasteiger partial charge in [-0.2, -0.15) is 0 Å². The van der Waals surface area contributed by atoms with E-state index in [1.165, 1.54) is 0 Å². The highest BCUT2D eigenvalue weighted by atomic mass is 19.1. The first kappa shape index (κ1) is 8.23. The molecule has 0 aromatic heterocycles. The van der Waals surface area contributed by atoms with Gasteiger partial charge in [0.1, 0.15) is 11.6 Å². The Hall–Kier alpha value is -1.38. The Kier molecular flexibility index (Phi) is 1.62. The van der Waals surface area contributed by atoms with Gasteiger partial charge in [-0.25, -0.2) is 4.39 Å². The zero-order valence-electron chi connectivity index (χ0n) is 6.90. The summed E-state index contributed by atoms with van der Waals surface area (Å²) in [5.41, 5.74) is -0.684. The second-order valence-electron chi connectivity index (χ2n) is 3.31. The van der Waals surface area contributed by atoms with Gasteiger partial charge in [-0.1, -0.05) is 30.3 Å². The van der Waals surface area contributed by atoms with E-state index < -0.39 is 17.6 Å². The zero-order valence-corrected chi connectivity index (χ0v) is 6.90. The van der Waals surface area contributed by atoms with Gasteiger partial charge in [0.15, 0.2) is 0 Å². The van der Waals surface area contributed by atoms with Crippen molar-refractivity contribution in [2.24, 2.45) is 0 Å². The van der Waals surface area contributed by atoms with Crippen LogP contribution < -0.4 is 0 Å². The minimum Gasteiger partial charge on any atom is -0.480 e. The van der Waals surface area contributed by atoms with E-state index >= 15 is 0 Å². The van der Waals surface area contributed by atoms with Crippen molar-refractivity contribution < 1.29 is 14.3 Å². The van der Waals surface area contributed by atoms with Crippen LogP contribution in [0.25, 0.3) is 0 Å². The predicted octanol–water partition coefficient (Wildman–Crippen LogP) is 1.75. The van der Waals surface area contributed by atoms with E-state index in [1.54, 1.807) is 30.3 Å². The van der Waals surface area contributed by atoms with Crippen LogP contribution in [0.4, 0.5) is 4.39 Å². The molecule has 13 heavy (non-hydrogen) atoms. The topological polar surface area (TPSA) is 37.3 Å². The number of hydrogen-bond acceptors (Lipinski definition) is 1. The van der Waals surface area contributed by atoms with Crippen LogP contribution in [0.5, 0.6) is 0 Å². The van der Waals surface area contributed by atoms with E-state index in [0.717, 1.165) is 0 Å². The van der Waals surface area contributed by atoms with Gasteiger partial charge in [-0.3, -0.25) is 4.79 Å². The quantitative estimate of drug-likeness (QED) is 0.752. The normalized spacial score (nSPS) is 31.3. The van der Waals surface area contributed by atoms with E-state index in [0.29, 0.717) is 5.56 Å². The summed E-state index contributed by atoms with van der Waals surface area (Å²) < 4.78 is 13.0. The van der Waals surface area contributed by atoms with Crippen molar-refractivity contribution in [3.05, 3.63) is 35.9 Å². The summed E-state index contributed by atoms with van der Waals surface area (Å²) in [5, 5.41) is 8.89. The Morgan fingerprint density at radius 3 is 2.38 bits per heavy atom. The molecule has 0 heterocycles. The molecule has 0 saturated heterocycles. The highest BCUT2D eigenvalue weighted by Gasteiger charge is 2.62. The predicted molar refractivity (Wildman–Crippen MR) is 45.3 cm³/mol. The molecule has 0 aliphatic heterocycles. The average molecular weight is 180 g/mol. The summed E-state index contributed by atoms with van der Waals surface area (Å²) in [7, 11) is 0. The maximum Gasteiger partial charge on any atom is 0.317 e. The highest BCUT2D eigenvalue weighted by Crippen LogP contribution is 2.50. The number of aliphatic carboxylic acids is 1. The lowest BCUT2D eigenvalue weighted by atomic mass is 9.96. The maximum atomic E-state index is 13.0. The molecule has 0 spiro atoms. The number of halogens is 1. The smallest absolute Gasteiger partial charge is 0.317 e. The lowest BCUT2D eigenvalue weighted by molar-refractivity contribution is -0.140. The van der Waals surface area contributed by atoms with Crippen LogP contribution in [0.2, 0.25) is 0 Å². The number of alkyl halides is 1. The number of carboxylic acid groups (broad SMARTS) is 1. The minimum atomic E-state index is -1.25. The van der Waals surface area contributed by atoms with Crippen LogP contribution in [-0.2, 0) is 10.2 Å². The number of carbonyl (C=O) groups is 1. The summed E-state index contributed by atoms with van der Waals surface area (Å²) in [6.45, 7) is 0. The number of hydrogen-bond donors (Lipinski definition) is 1. The standard InChI is InChI=1S/C10H9FO2/c11-8-6-10(8,9(12)13)7-4-2-1-3-5-7/h1-5,8H,6H2,(H,12,13)/t8-,10-/m0/s1. The molecule has 0 unspecified atom stereocenters. The first-order valence-corrected chi connectivity index (χ1v) is 4.11. The molecule has 1 N–H and O–H groups in total. The lowest BCUT2D eigenvalue weighted by Crippen LogP contribution is -2.22. The Balaban J connectivity index is 2.40. The number of benzene rings is 1. The minimum absolute atomic E-state index is 0.104. The Bertz CT molecular complexity index is 336. The molecule has 1 fully saturated rings. The summed E-state index contributed by atoms with van der Waals surface area (Å²) in [4.78, 5) is 10.9. The fourth-order valence-electron chi connectivity index (χ4n) is 1.60. The molecule has 1 aromatic carbocycles. The van der Waals surface area contributed by atoms with Gasteiger partial charge in [0.25, 0.3) is 0 Å². The first-order valence-electron chi connectivity index (χ1n) is 4.11. The van der Waals surface area contributed by atoms with Gasteiger partial charge in [-0.05, 0) is 5.56 Å². The van der Waals surface area contributed by atoms with Gasteiger partial charge in [0.05, 0.1) is 0 Å². The SMILES string of the molecule is O=C(O)[C@]1(c2ccccc2)C[C@@H]1F. The Morgan fingerprint density at radius 2 is 2.00 bits per heavy atom. The second-order valence-corrected chi connectivity index (χ2v) is 3.31.